The minimum Gasteiger partial charge on any atom is -0.497 e. The van der Waals surface area contributed by atoms with E-state index < -0.39 is 17.5 Å². The van der Waals surface area contributed by atoms with Gasteiger partial charge in [0.25, 0.3) is 0 Å². The summed E-state index contributed by atoms with van der Waals surface area (Å²) in [5, 5.41) is 7.83. The van der Waals surface area contributed by atoms with Crippen molar-refractivity contribution in [3.63, 3.8) is 0 Å². The van der Waals surface area contributed by atoms with E-state index in [-0.39, 0.29) is 5.56 Å². The van der Waals surface area contributed by atoms with Crippen LogP contribution in [0.2, 0.25) is 0 Å². The van der Waals surface area contributed by atoms with Gasteiger partial charge in [0.1, 0.15) is 11.5 Å². The summed E-state index contributed by atoms with van der Waals surface area (Å²) in [5.41, 5.74) is 1.67. The molecule has 3 aromatic rings. The number of methoxy groups -OCH3 is 2. The van der Waals surface area contributed by atoms with Crippen LogP contribution in [0.1, 0.15) is 5.69 Å². The Bertz CT molecular complexity index is 955. The van der Waals surface area contributed by atoms with Crippen molar-refractivity contribution in [2.75, 3.05) is 14.2 Å². The Morgan fingerprint density at radius 2 is 1.50 bits per heavy atom. The van der Waals surface area contributed by atoms with Gasteiger partial charge in [0.05, 0.1) is 26.1 Å². The number of halogens is 3. The predicted molar refractivity (Wildman–Crippen MR) is 90.6 cm³/mol. The summed E-state index contributed by atoms with van der Waals surface area (Å²) in [6, 6.07) is 7.16. The molecule has 134 valence electrons. The average molecular weight is 360 g/mol. The average Bonchev–Trinajstić information content (AvgIpc) is 2.66. The Morgan fingerprint density at radius 3 is 2.12 bits per heavy atom. The molecule has 0 unspecified atom stereocenters. The molecule has 0 bridgehead atoms. The van der Waals surface area contributed by atoms with Crippen LogP contribution in [-0.4, -0.2) is 24.4 Å². The SMILES string of the molecule is COc1cc(OC)cc(-c2cnnc(C)c2-c2ccc(F)c(F)c2F)c1. The highest BCUT2D eigenvalue weighted by Crippen LogP contribution is 2.38. The van der Waals surface area contributed by atoms with Crippen molar-refractivity contribution in [3.05, 3.63) is 59.7 Å². The van der Waals surface area contributed by atoms with E-state index in [1.54, 1.807) is 25.1 Å². The van der Waals surface area contributed by atoms with E-state index in [0.717, 1.165) is 6.07 Å². The Kier molecular flexibility index (Phi) is 4.79. The van der Waals surface area contributed by atoms with Crippen LogP contribution in [0.15, 0.2) is 36.5 Å². The summed E-state index contributed by atoms with van der Waals surface area (Å²) in [4.78, 5) is 0. The minimum atomic E-state index is -1.53. The molecule has 0 amide bonds. The molecular weight excluding hydrogens is 345 g/mol. The molecular formula is C19H15F3N2O2. The Morgan fingerprint density at radius 1 is 0.846 bits per heavy atom. The first-order valence-corrected chi connectivity index (χ1v) is 7.65. The lowest BCUT2D eigenvalue weighted by Gasteiger charge is -2.14. The number of ether oxygens (including phenoxy) is 2. The molecule has 2 aromatic carbocycles. The van der Waals surface area contributed by atoms with E-state index in [4.69, 9.17) is 9.47 Å². The van der Waals surface area contributed by atoms with Crippen LogP contribution in [0, 0.1) is 24.4 Å². The third kappa shape index (κ3) is 3.08. The maximum absolute atomic E-state index is 14.4. The molecule has 26 heavy (non-hydrogen) atoms. The third-order valence-corrected chi connectivity index (χ3v) is 3.99. The molecule has 7 heteroatoms. The van der Waals surface area contributed by atoms with Crippen molar-refractivity contribution >= 4 is 0 Å². The van der Waals surface area contributed by atoms with Crippen molar-refractivity contribution in [1.29, 1.82) is 0 Å². The summed E-state index contributed by atoms with van der Waals surface area (Å²) >= 11 is 0. The number of rotatable bonds is 4. The Hall–Kier alpha value is -3.09. The molecule has 0 saturated carbocycles. The van der Waals surface area contributed by atoms with E-state index in [1.807, 2.05) is 0 Å². The van der Waals surface area contributed by atoms with E-state index in [2.05, 4.69) is 10.2 Å². The molecule has 0 N–H and O–H groups in total. The van der Waals surface area contributed by atoms with E-state index >= 15 is 0 Å². The van der Waals surface area contributed by atoms with Gasteiger partial charge < -0.3 is 9.47 Å². The van der Waals surface area contributed by atoms with Gasteiger partial charge in [-0.05, 0) is 36.8 Å². The van der Waals surface area contributed by atoms with Gasteiger partial charge in [0.15, 0.2) is 17.5 Å². The van der Waals surface area contributed by atoms with Gasteiger partial charge >= 0.3 is 0 Å². The van der Waals surface area contributed by atoms with Gasteiger partial charge in [-0.1, -0.05) is 0 Å². The number of nitrogens with zero attached hydrogens (tertiary/aromatic N) is 2. The van der Waals surface area contributed by atoms with Crippen LogP contribution in [0.25, 0.3) is 22.3 Å². The summed E-state index contributed by atoms with van der Waals surface area (Å²) in [6.45, 7) is 1.62. The highest BCUT2D eigenvalue weighted by Gasteiger charge is 2.21. The predicted octanol–water partition coefficient (Wildman–Crippen LogP) is 4.55. The number of hydrogen-bond donors (Lipinski definition) is 0. The monoisotopic (exact) mass is 360 g/mol. The van der Waals surface area contributed by atoms with Crippen LogP contribution >= 0.6 is 0 Å². The van der Waals surface area contributed by atoms with Gasteiger partial charge in [0.2, 0.25) is 0 Å². The molecule has 3 rings (SSSR count). The van der Waals surface area contributed by atoms with Crippen LogP contribution in [0.3, 0.4) is 0 Å². The number of hydrogen-bond acceptors (Lipinski definition) is 4. The van der Waals surface area contributed by atoms with Gasteiger partial charge in [-0.15, -0.1) is 0 Å². The molecule has 0 atom stereocenters. The topological polar surface area (TPSA) is 44.2 Å². The molecule has 0 saturated heterocycles. The van der Waals surface area contributed by atoms with Crippen molar-refractivity contribution in [3.8, 4) is 33.8 Å². The Labute approximate surface area is 148 Å². The van der Waals surface area contributed by atoms with Gasteiger partial charge in [-0.2, -0.15) is 10.2 Å². The first-order valence-electron chi connectivity index (χ1n) is 7.65. The van der Waals surface area contributed by atoms with Gasteiger partial charge in [0, 0.05) is 22.8 Å². The lowest BCUT2D eigenvalue weighted by molar-refractivity contribution is 0.394. The molecule has 1 aromatic heterocycles. The first kappa shape index (κ1) is 17.7. The molecule has 0 fully saturated rings. The largest absolute Gasteiger partial charge is 0.497 e. The summed E-state index contributed by atoms with van der Waals surface area (Å²) in [5.74, 6) is -3.03. The fraction of sp³-hybridized carbons (Fsp3) is 0.158. The lowest BCUT2D eigenvalue weighted by atomic mass is 9.94. The fourth-order valence-corrected chi connectivity index (χ4v) is 2.72. The zero-order chi connectivity index (χ0) is 18.8. The fourth-order valence-electron chi connectivity index (χ4n) is 2.72. The van der Waals surface area contributed by atoms with Crippen LogP contribution in [0.5, 0.6) is 11.5 Å². The zero-order valence-corrected chi connectivity index (χ0v) is 14.3. The third-order valence-electron chi connectivity index (χ3n) is 3.99. The quantitative estimate of drug-likeness (QED) is 0.640. The first-order chi connectivity index (χ1) is 12.5. The summed E-state index contributed by atoms with van der Waals surface area (Å²) < 4.78 is 52.0. The molecule has 0 aliphatic rings. The van der Waals surface area contributed by atoms with Crippen molar-refractivity contribution in [1.82, 2.24) is 10.2 Å². The minimum absolute atomic E-state index is 0.104. The van der Waals surface area contributed by atoms with Gasteiger partial charge in [-0.3, -0.25) is 0 Å². The van der Waals surface area contributed by atoms with Crippen molar-refractivity contribution in [2.45, 2.75) is 6.92 Å². The second kappa shape index (κ2) is 7.03. The van der Waals surface area contributed by atoms with E-state index in [9.17, 15) is 13.2 Å². The van der Waals surface area contributed by atoms with Crippen LogP contribution < -0.4 is 9.47 Å². The molecule has 4 nitrogen and oxygen atoms in total. The lowest BCUT2D eigenvalue weighted by Crippen LogP contribution is -2.00. The Balaban J connectivity index is 2.30. The second-order valence-corrected chi connectivity index (χ2v) is 5.54. The highest BCUT2D eigenvalue weighted by molar-refractivity contribution is 5.85. The smallest absolute Gasteiger partial charge is 0.195 e. The van der Waals surface area contributed by atoms with Gasteiger partial charge in [-0.25, -0.2) is 13.2 Å². The van der Waals surface area contributed by atoms with Crippen molar-refractivity contribution in [2.24, 2.45) is 0 Å². The zero-order valence-electron chi connectivity index (χ0n) is 14.3. The normalized spacial score (nSPS) is 10.7. The highest BCUT2D eigenvalue weighted by atomic mass is 19.2. The molecule has 0 aliphatic heterocycles. The van der Waals surface area contributed by atoms with E-state index in [1.165, 1.54) is 26.5 Å². The molecule has 0 radical (unpaired) electrons. The standard InChI is InChI=1S/C19H15F3N2O2/c1-10-17(14-4-5-16(20)19(22)18(14)21)15(9-23-24-10)11-6-12(25-2)8-13(7-11)26-3/h4-9H,1-3H3. The molecule has 0 aliphatic carbocycles. The number of aromatic nitrogens is 2. The van der Waals surface area contributed by atoms with Crippen LogP contribution in [-0.2, 0) is 0 Å². The number of benzene rings is 2. The maximum Gasteiger partial charge on any atom is 0.195 e. The molecule has 0 spiro atoms. The van der Waals surface area contributed by atoms with E-state index in [0.29, 0.717) is 33.9 Å². The second-order valence-electron chi connectivity index (χ2n) is 5.54. The summed E-state index contributed by atoms with van der Waals surface area (Å²) in [7, 11) is 3.01. The van der Waals surface area contributed by atoms with Crippen LogP contribution in [0.4, 0.5) is 13.2 Å². The summed E-state index contributed by atoms with van der Waals surface area (Å²) in [6.07, 6.45) is 1.43. The number of aryl methyl sites for hydroxylation is 1. The maximum atomic E-state index is 14.4. The van der Waals surface area contributed by atoms with Crippen molar-refractivity contribution < 1.29 is 22.6 Å². The molecule has 1 heterocycles.